The molecule has 6 aromatic rings. The van der Waals surface area contributed by atoms with Gasteiger partial charge in [-0.25, -0.2) is 4.39 Å². The number of piperidine rings is 1. The van der Waals surface area contributed by atoms with Crippen LogP contribution in [-0.4, -0.2) is 47.2 Å². The highest BCUT2D eigenvalue weighted by Crippen LogP contribution is 2.33. The SMILES string of the molecule is O=C(Cl)c1ccc2ccccc2c1.O=C(NCCCN1CCC(c2c[nH]c3cc(F)ccc23)CC1)c1ccc2ccccc2c1. The van der Waals surface area contributed by atoms with Gasteiger partial charge in [-0.15, -0.1) is 0 Å². The molecule has 5 nitrogen and oxygen atoms in total. The molecule has 45 heavy (non-hydrogen) atoms. The smallest absolute Gasteiger partial charge is 0.252 e. The Hall–Kier alpha value is -4.52. The van der Waals surface area contributed by atoms with Crippen LogP contribution in [0.3, 0.4) is 0 Å². The van der Waals surface area contributed by atoms with Gasteiger partial charge in [0.2, 0.25) is 0 Å². The normalized spacial score (nSPS) is 13.9. The molecule has 2 heterocycles. The molecule has 228 valence electrons. The zero-order valence-corrected chi connectivity index (χ0v) is 25.7. The maximum absolute atomic E-state index is 13.4. The molecule has 1 saturated heterocycles. The van der Waals surface area contributed by atoms with Crippen molar-refractivity contribution in [1.29, 1.82) is 0 Å². The first-order valence-corrected chi connectivity index (χ1v) is 15.8. The minimum Gasteiger partial charge on any atom is -0.361 e. The number of likely N-dealkylation sites (tertiary alicyclic amines) is 1. The molecule has 1 amide bonds. The predicted octanol–water partition coefficient (Wildman–Crippen LogP) is 8.68. The molecule has 2 N–H and O–H groups in total. The van der Waals surface area contributed by atoms with Gasteiger partial charge in [0.25, 0.3) is 11.1 Å². The van der Waals surface area contributed by atoms with Gasteiger partial charge in [0, 0.05) is 34.8 Å². The number of aromatic amines is 1. The van der Waals surface area contributed by atoms with Crippen molar-refractivity contribution < 1.29 is 14.0 Å². The van der Waals surface area contributed by atoms with Gasteiger partial charge in [-0.3, -0.25) is 9.59 Å². The lowest BCUT2D eigenvalue weighted by Gasteiger charge is -2.32. The van der Waals surface area contributed by atoms with Gasteiger partial charge in [-0.1, -0.05) is 60.7 Å². The molecule has 1 aromatic heterocycles. The Labute approximate surface area is 267 Å². The summed E-state index contributed by atoms with van der Waals surface area (Å²) >= 11 is 5.36. The van der Waals surface area contributed by atoms with Gasteiger partial charge < -0.3 is 15.2 Å². The summed E-state index contributed by atoms with van der Waals surface area (Å²) in [5, 5.41) is 8.17. The zero-order valence-electron chi connectivity index (χ0n) is 24.9. The number of halogens is 2. The summed E-state index contributed by atoms with van der Waals surface area (Å²) in [6, 6.07) is 32.2. The maximum Gasteiger partial charge on any atom is 0.252 e. The van der Waals surface area contributed by atoms with Crippen molar-refractivity contribution in [3.05, 3.63) is 132 Å². The van der Waals surface area contributed by atoms with Crippen LogP contribution in [0.15, 0.2) is 109 Å². The summed E-state index contributed by atoms with van der Waals surface area (Å²) in [5.74, 6) is 0.303. The Kier molecular flexibility index (Phi) is 9.53. The molecule has 0 saturated carbocycles. The number of nitrogens with zero attached hydrogens (tertiary/aromatic N) is 1. The number of benzene rings is 5. The molecule has 0 bridgehead atoms. The van der Waals surface area contributed by atoms with E-state index in [0.717, 1.165) is 71.3 Å². The highest BCUT2D eigenvalue weighted by molar-refractivity contribution is 6.67. The van der Waals surface area contributed by atoms with E-state index in [4.69, 9.17) is 11.6 Å². The van der Waals surface area contributed by atoms with Crippen molar-refractivity contribution >= 4 is 55.2 Å². The minimum absolute atomic E-state index is 0.00904. The number of hydrogen-bond donors (Lipinski definition) is 2. The van der Waals surface area contributed by atoms with E-state index in [9.17, 15) is 14.0 Å². The predicted molar refractivity (Wildman–Crippen MR) is 182 cm³/mol. The van der Waals surface area contributed by atoms with Crippen LogP contribution in [0, 0.1) is 5.82 Å². The number of rotatable bonds is 7. The summed E-state index contributed by atoms with van der Waals surface area (Å²) < 4.78 is 13.4. The lowest BCUT2D eigenvalue weighted by atomic mass is 9.89. The number of aromatic nitrogens is 1. The Morgan fingerprint density at radius 2 is 1.42 bits per heavy atom. The molecule has 7 heteroatoms. The number of fused-ring (bicyclic) bond motifs is 3. The first kappa shape index (κ1) is 30.5. The number of nitrogens with one attached hydrogen (secondary N) is 2. The Morgan fingerprint density at radius 1 is 0.800 bits per heavy atom. The molecule has 1 aliphatic rings. The number of carbonyl (C=O) groups is 2. The highest BCUT2D eigenvalue weighted by Gasteiger charge is 2.22. The number of carbonyl (C=O) groups excluding carboxylic acids is 2. The van der Waals surface area contributed by atoms with E-state index >= 15 is 0 Å². The fraction of sp³-hybridized carbons (Fsp3) is 0.211. The average molecular weight is 620 g/mol. The molecule has 5 aromatic carbocycles. The summed E-state index contributed by atoms with van der Waals surface area (Å²) in [6.07, 6.45) is 5.20. The van der Waals surface area contributed by atoms with Gasteiger partial charge in [-0.05, 0) is 126 Å². The second kappa shape index (κ2) is 14.1. The van der Waals surface area contributed by atoms with Crippen LogP contribution in [0.25, 0.3) is 32.4 Å². The second-order valence-electron chi connectivity index (χ2n) is 11.6. The first-order valence-electron chi connectivity index (χ1n) is 15.4. The van der Waals surface area contributed by atoms with Crippen LogP contribution in [0.1, 0.15) is 51.5 Å². The molecular weight excluding hydrogens is 585 g/mol. The Balaban J connectivity index is 0.000000229. The molecule has 0 unspecified atom stereocenters. The van der Waals surface area contributed by atoms with Crippen molar-refractivity contribution in [2.45, 2.75) is 25.2 Å². The fourth-order valence-corrected chi connectivity index (χ4v) is 6.29. The van der Waals surface area contributed by atoms with Gasteiger partial charge in [0.15, 0.2) is 0 Å². The van der Waals surface area contributed by atoms with Crippen molar-refractivity contribution in [3.8, 4) is 0 Å². The van der Waals surface area contributed by atoms with Gasteiger partial charge in [-0.2, -0.15) is 0 Å². The molecule has 0 spiro atoms. The lowest BCUT2D eigenvalue weighted by Crippen LogP contribution is -2.35. The summed E-state index contributed by atoms with van der Waals surface area (Å²) in [4.78, 5) is 29.0. The van der Waals surface area contributed by atoms with Crippen molar-refractivity contribution in [1.82, 2.24) is 15.2 Å². The first-order chi connectivity index (χ1) is 21.9. The fourth-order valence-electron chi connectivity index (χ4n) is 6.17. The molecule has 1 fully saturated rings. The van der Waals surface area contributed by atoms with E-state index in [1.54, 1.807) is 24.3 Å². The van der Waals surface area contributed by atoms with Crippen LogP contribution in [0.4, 0.5) is 4.39 Å². The third kappa shape index (κ3) is 7.42. The van der Waals surface area contributed by atoms with Crippen LogP contribution >= 0.6 is 11.6 Å². The van der Waals surface area contributed by atoms with Crippen LogP contribution in [-0.2, 0) is 0 Å². The van der Waals surface area contributed by atoms with Crippen molar-refractivity contribution in [2.24, 2.45) is 0 Å². The number of hydrogen-bond acceptors (Lipinski definition) is 3. The van der Waals surface area contributed by atoms with E-state index in [0.29, 0.717) is 23.6 Å². The highest BCUT2D eigenvalue weighted by atomic mass is 35.5. The molecule has 0 radical (unpaired) electrons. The quantitative estimate of drug-likeness (QED) is 0.139. The molecule has 0 aliphatic carbocycles. The monoisotopic (exact) mass is 619 g/mol. The Morgan fingerprint density at radius 3 is 2.09 bits per heavy atom. The van der Waals surface area contributed by atoms with Gasteiger partial charge >= 0.3 is 0 Å². The number of H-pyrrole nitrogens is 1. The van der Waals surface area contributed by atoms with Gasteiger partial charge in [0.05, 0.1) is 0 Å². The Bertz CT molecular complexity index is 1960. The molecular formula is C38H35ClFN3O2. The van der Waals surface area contributed by atoms with Crippen LogP contribution in [0.5, 0.6) is 0 Å². The van der Waals surface area contributed by atoms with Crippen LogP contribution in [0.2, 0.25) is 0 Å². The van der Waals surface area contributed by atoms with E-state index in [2.05, 4.69) is 21.3 Å². The zero-order chi connectivity index (χ0) is 31.2. The third-order valence-electron chi connectivity index (χ3n) is 8.63. The number of amides is 1. The summed E-state index contributed by atoms with van der Waals surface area (Å²) in [5.41, 5.74) is 3.44. The van der Waals surface area contributed by atoms with Crippen molar-refractivity contribution in [3.63, 3.8) is 0 Å². The van der Waals surface area contributed by atoms with E-state index in [1.165, 1.54) is 5.56 Å². The van der Waals surface area contributed by atoms with Crippen molar-refractivity contribution in [2.75, 3.05) is 26.2 Å². The largest absolute Gasteiger partial charge is 0.361 e. The molecule has 7 rings (SSSR count). The second-order valence-corrected chi connectivity index (χ2v) is 11.9. The van der Waals surface area contributed by atoms with E-state index in [1.807, 2.05) is 79.0 Å². The minimum atomic E-state index is -0.411. The maximum atomic E-state index is 13.4. The third-order valence-corrected chi connectivity index (χ3v) is 8.85. The van der Waals surface area contributed by atoms with Crippen LogP contribution < -0.4 is 5.32 Å². The lowest BCUT2D eigenvalue weighted by molar-refractivity contribution is 0.0950. The van der Waals surface area contributed by atoms with Gasteiger partial charge in [0.1, 0.15) is 5.82 Å². The molecule has 1 aliphatic heterocycles. The summed E-state index contributed by atoms with van der Waals surface area (Å²) in [6.45, 7) is 3.78. The van der Waals surface area contributed by atoms with E-state index in [-0.39, 0.29) is 11.7 Å². The molecule has 0 atom stereocenters. The van der Waals surface area contributed by atoms with E-state index < -0.39 is 5.24 Å². The summed E-state index contributed by atoms with van der Waals surface area (Å²) in [7, 11) is 0. The standard InChI is InChI=1S/C27H28FN3O.C11H7ClO/c28-23-8-9-24-25(18-30-26(24)17-23)20-10-14-31(15-11-20)13-3-12-29-27(32)22-7-6-19-4-1-2-5-21(19)16-22;12-11(13)10-6-5-8-3-1-2-4-9(8)7-10/h1-2,4-9,16-18,20,30H,3,10-15H2,(H,29,32);1-7H. The topological polar surface area (TPSA) is 65.2 Å². The average Bonchev–Trinajstić information content (AvgIpc) is 3.49.